The molecule has 0 aliphatic heterocycles. The highest BCUT2D eigenvalue weighted by molar-refractivity contribution is 5.75. The van der Waals surface area contributed by atoms with E-state index in [4.69, 9.17) is 0 Å². The van der Waals surface area contributed by atoms with E-state index in [1.165, 1.54) is 0 Å². The lowest BCUT2D eigenvalue weighted by molar-refractivity contribution is -0.121. The molecule has 0 aliphatic carbocycles. The first-order valence-electron chi connectivity index (χ1n) is 7.13. The number of carbonyl (C=O) groups excluding carboxylic acids is 1. The van der Waals surface area contributed by atoms with Crippen LogP contribution in [0.15, 0.2) is 18.5 Å². The Labute approximate surface area is 115 Å². The number of aliphatic hydroxyl groups excluding tert-OH is 1. The molecule has 0 saturated carbocycles. The number of hydrogen-bond donors (Lipinski definition) is 2. The van der Waals surface area contributed by atoms with Gasteiger partial charge in [0.1, 0.15) is 6.54 Å². The Balaban J connectivity index is 2.38. The molecule has 0 spiro atoms. The van der Waals surface area contributed by atoms with Gasteiger partial charge in [-0.25, -0.2) is 0 Å². The lowest BCUT2D eigenvalue weighted by atomic mass is 10.1. The van der Waals surface area contributed by atoms with Crippen LogP contribution >= 0.6 is 0 Å². The molecule has 1 unspecified atom stereocenters. The highest BCUT2D eigenvalue weighted by Crippen LogP contribution is 2.18. The molecule has 19 heavy (non-hydrogen) atoms. The van der Waals surface area contributed by atoms with E-state index in [2.05, 4.69) is 19.2 Å². The fourth-order valence-electron chi connectivity index (χ4n) is 1.92. The molecule has 2 N–H and O–H groups in total. The average Bonchev–Trinajstić information content (AvgIpc) is 2.77. The van der Waals surface area contributed by atoms with Gasteiger partial charge in [0.05, 0.1) is 6.10 Å². The van der Waals surface area contributed by atoms with Crippen LogP contribution in [0.25, 0.3) is 0 Å². The maximum Gasteiger partial charge on any atom is 0.239 e. The third-order valence-corrected chi connectivity index (χ3v) is 3.09. The smallest absolute Gasteiger partial charge is 0.239 e. The predicted molar refractivity (Wildman–Crippen MR) is 76.8 cm³/mol. The molecule has 4 heteroatoms. The average molecular weight is 266 g/mol. The van der Waals surface area contributed by atoms with Gasteiger partial charge in [0.2, 0.25) is 5.91 Å². The molecule has 1 amide bonds. The summed E-state index contributed by atoms with van der Waals surface area (Å²) in [6.07, 6.45) is 5.97. The van der Waals surface area contributed by atoms with Gasteiger partial charge < -0.3 is 15.0 Å². The molecular formula is C15H26N2O2. The number of nitrogens with zero attached hydrogens (tertiary/aromatic N) is 1. The Bertz CT molecular complexity index is 385. The molecule has 108 valence electrons. The third kappa shape index (κ3) is 5.92. The molecule has 1 heterocycles. The zero-order valence-corrected chi connectivity index (χ0v) is 12.2. The number of carbonyl (C=O) groups is 1. The van der Waals surface area contributed by atoms with Crippen LogP contribution in [0.3, 0.4) is 0 Å². The summed E-state index contributed by atoms with van der Waals surface area (Å²) in [5.74, 6) is 0.621. The highest BCUT2D eigenvalue weighted by Gasteiger charge is 2.09. The Morgan fingerprint density at radius 2 is 2.16 bits per heavy atom. The van der Waals surface area contributed by atoms with Gasteiger partial charge in [0.25, 0.3) is 0 Å². The molecule has 4 nitrogen and oxygen atoms in total. The number of rotatable bonds is 8. The van der Waals surface area contributed by atoms with Crippen molar-refractivity contribution in [2.45, 2.75) is 52.7 Å². The van der Waals surface area contributed by atoms with Crippen LogP contribution in [0.4, 0.5) is 0 Å². The van der Waals surface area contributed by atoms with Gasteiger partial charge in [-0.2, -0.15) is 0 Å². The molecule has 0 fully saturated rings. The van der Waals surface area contributed by atoms with Crippen molar-refractivity contribution in [2.75, 3.05) is 6.54 Å². The molecule has 0 aromatic carbocycles. The molecule has 0 aliphatic rings. The normalized spacial score (nSPS) is 12.7. The molecule has 0 saturated heterocycles. The number of aliphatic hydroxyl groups is 1. The van der Waals surface area contributed by atoms with Gasteiger partial charge in [0, 0.05) is 18.9 Å². The Hall–Kier alpha value is -1.29. The zero-order valence-electron chi connectivity index (χ0n) is 12.2. The molecular weight excluding hydrogens is 240 g/mol. The second-order valence-electron chi connectivity index (χ2n) is 5.45. The first-order valence-corrected chi connectivity index (χ1v) is 7.13. The van der Waals surface area contributed by atoms with Crippen molar-refractivity contribution in [3.8, 4) is 0 Å². The van der Waals surface area contributed by atoms with Gasteiger partial charge >= 0.3 is 0 Å². The predicted octanol–water partition coefficient (Wildman–Crippen LogP) is 2.48. The summed E-state index contributed by atoms with van der Waals surface area (Å²) in [4.78, 5) is 11.7. The fourth-order valence-corrected chi connectivity index (χ4v) is 1.92. The Morgan fingerprint density at radius 1 is 1.42 bits per heavy atom. The van der Waals surface area contributed by atoms with Crippen molar-refractivity contribution < 1.29 is 9.90 Å². The fraction of sp³-hybridized carbons (Fsp3) is 0.667. The van der Waals surface area contributed by atoms with E-state index in [1.54, 1.807) is 0 Å². The first kappa shape index (κ1) is 15.8. The maximum absolute atomic E-state index is 11.7. The topological polar surface area (TPSA) is 54.3 Å². The van der Waals surface area contributed by atoms with Crippen molar-refractivity contribution in [1.29, 1.82) is 0 Å². The van der Waals surface area contributed by atoms with Crippen LogP contribution < -0.4 is 5.32 Å². The van der Waals surface area contributed by atoms with Crippen LogP contribution in [0.5, 0.6) is 0 Å². The van der Waals surface area contributed by atoms with Crippen molar-refractivity contribution in [1.82, 2.24) is 9.88 Å². The summed E-state index contributed by atoms with van der Waals surface area (Å²) in [5, 5.41) is 12.8. The van der Waals surface area contributed by atoms with E-state index in [0.717, 1.165) is 31.4 Å². The van der Waals surface area contributed by atoms with Gasteiger partial charge in [-0.05, 0) is 30.4 Å². The minimum atomic E-state index is -0.421. The van der Waals surface area contributed by atoms with Crippen LogP contribution in [0.1, 0.15) is 51.7 Å². The number of aromatic nitrogens is 1. The van der Waals surface area contributed by atoms with E-state index in [9.17, 15) is 9.90 Å². The summed E-state index contributed by atoms with van der Waals surface area (Å²) in [6, 6.07) is 1.88. The molecule has 1 rings (SSSR count). The van der Waals surface area contributed by atoms with Crippen molar-refractivity contribution in [2.24, 2.45) is 5.92 Å². The van der Waals surface area contributed by atoms with Crippen molar-refractivity contribution in [3.05, 3.63) is 24.0 Å². The molecule has 0 bridgehead atoms. The van der Waals surface area contributed by atoms with Crippen molar-refractivity contribution >= 4 is 5.91 Å². The second-order valence-corrected chi connectivity index (χ2v) is 5.45. The first-order chi connectivity index (χ1) is 9.02. The third-order valence-electron chi connectivity index (χ3n) is 3.09. The molecule has 1 atom stereocenters. The molecule has 1 aromatic rings. The minimum Gasteiger partial charge on any atom is -0.388 e. The van der Waals surface area contributed by atoms with Crippen LogP contribution in [-0.4, -0.2) is 22.1 Å². The van der Waals surface area contributed by atoms with E-state index in [1.807, 2.05) is 30.0 Å². The lowest BCUT2D eigenvalue weighted by Gasteiger charge is -2.08. The number of nitrogens with one attached hydrogen (secondary N) is 1. The standard InChI is InChI=1S/C15H26N2O2/c1-4-5-14(18)13-7-9-17(10-13)11-15(19)16-8-6-12(2)3/h7,9-10,12,14,18H,4-6,8,11H2,1-3H3,(H,16,19). The van der Waals surface area contributed by atoms with Crippen LogP contribution in [-0.2, 0) is 11.3 Å². The monoisotopic (exact) mass is 266 g/mol. The van der Waals surface area contributed by atoms with Crippen LogP contribution in [0, 0.1) is 5.92 Å². The van der Waals surface area contributed by atoms with Gasteiger partial charge in [-0.3, -0.25) is 4.79 Å². The largest absolute Gasteiger partial charge is 0.388 e. The number of amides is 1. The van der Waals surface area contributed by atoms with E-state index < -0.39 is 6.10 Å². The van der Waals surface area contributed by atoms with Gasteiger partial charge in [-0.15, -0.1) is 0 Å². The summed E-state index contributed by atoms with van der Waals surface area (Å²) in [6.45, 7) is 7.36. The summed E-state index contributed by atoms with van der Waals surface area (Å²) >= 11 is 0. The van der Waals surface area contributed by atoms with Crippen molar-refractivity contribution in [3.63, 3.8) is 0 Å². The minimum absolute atomic E-state index is 0.0211. The quantitative estimate of drug-likeness (QED) is 0.759. The lowest BCUT2D eigenvalue weighted by Crippen LogP contribution is -2.28. The highest BCUT2D eigenvalue weighted by atomic mass is 16.3. The summed E-state index contributed by atoms with van der Waals surface area (Å²) < 4.78 is 1.82. The summed E-state index contributed by atoms with van der Waals surface area (Å²) in [5.41, 5.74) is 0.886. The van der Waals surface area contributed by atoms with E-state index in [-0.39, 0.29) is 5.91 Å². The zero-order chi connectivity index (χ0) is 14.3. The van der Waals surface area contributed by atoms with E-state index >= 15 is 0 Å². The second kappa shape index (κ2) is 8.00. The molecule has 0 radical (unpaired) electrons. The molecule has 1 aromatic heterocycles. The Morgan fingerprint density at radius 3 is 2.79 bits per heavy atom. The van der Waals surface area contributed by atoms with Gasteiger partial charge in [0.15, 0.2) is 0 Å². The SMILES string of the molecule is CCCC(O)c1ccn(CC(=O)NCCC(C)C)c1. The van der Waals surface area contributed by atoms with E-state index in [0.29, 0.717) is 12.5 Å². The van der Waals surface area contributed by atoms with Crippen LogP contribution in [0.2, 0.25) is 0 Å². The summed E-state index contributed by atoms with van der Waals surface area (Å²) in [7, 11) is 0. The number of hydrogen-bond acceptors (Lipinski definition) is 2. The maximum atomic E-state index is 11.7. The van der Waals surface area contributed by atoms with Gasteiger partial charge in [-0.1, -0.05) is 27.2 Å². The Kier molecular flexibility index (Phi) is 6.64.